The van der Waals surface area contributed by atoms with Gasteiger partial charge in [-0.3, -0.25) is 4.79 Å². The number of carbonyl (C=O) groups is 1. The molecule has 3 heterocycles. The van der Waals surface area contributed by atoms with Crippen LogP contribution in [-0.2, 0) is 4.79 Å². The SMILES string of the molecule is C[C@H](NCC(=O)N1N=C(c2cccs2)C[C@@H]1c1cccs1)c1ccc(F)cc1. The number of nitrogens with one attached hydrogen (secondary N) is 1. The number of hydrogen-bond donors (Lipinski definition) is 1. The van der Waals surface area contributed by atoms with E-state index < -0.39 is 0 Å². The average molecular weight is 414 g/mol. The maximum absolute atomic E-state index is 13.1. The lowest BCUT2D eigenvalue weighted by Gasteiger charge is -2.22. The first-order valence-electron chi connectivity index (χ1n) is 9.07. The predicted molar refractivity (Wildman–Crippen MR) is 112 cm³/mol. The lowest BCUT2D eigenvalue weighted by atomic mass is 10.1. The van der Waals surface area contributed by atoms with Gasteiger partial charge in [-0.05, 0) is 47.5 Å². The normalized spacial score (nSPS) is 17.6. The number of carbonyl (C=O) groups excluding carboxylic acids is 1. The minimum atomic E-state index is -0.265. The second-order valence-electron chi connectivity index (χ2n) is 6.65. The van der Waals surface area contributed by atoms with E-state index in [0.717, 1.165) is 27.5 Å². The summed E-state index contributed by atoms with van der Waals surface area (Å²) in [6, 6.07) is 14.3. The fraction of sp³-hybridized carbons (Fsp3) is 0.238. The maximum Gasteiger partial charge on any atom is 0.257 e. The summed E-state index contributed by atoms with van der Waals surface area (Å²) in [6.07, 6.45) is 0.723. The maximum atomic E-state index is 13.1. The van der Waals surface area contributed by atoms with Crippen molar-refractivity contribution in [1.29, 1.82) is 0 Å². The van der Waals surface area contributed by atoms with Crippen LogP contribution >= 0.6 is 22.7 Å². The Morgan fingerprint density at radius 2 is 1.96 bits per heavy atom. The smallest absolute Gasteiger partial charge is 0.257 e. The van der Waals surface area contributed by atoms with Crippen LogP contribution in [-0.4, -0.2) is 23.2 Å². The number of nitrogens with zero attached hydrogens (tertiary/aromatic N) is 2. The molecular weight excluding hydrogens is 393 g/mol. The number of hydrazone groups is 1. The third kappa shape index (κ3) is 4.06. The van der Waals surface area contributed by atoms with Crippen molar-refractivity contribution in [2.45, 2.75) is 25.4 Å². The molecule has 1 aromatic carbocycles. The van der Waals surface area contributed by atoms with Gasteiger partial charge in [0.25, 0.3) is 5.91 Å². The highest BCUT2D eigenvalue weighted by Gasteiger charge is 2.33. The summed E-state index contributed by atoms with van der Waals surface area (Å²) < 4.78 is 13.1. The molecule has 4 nitrogen and oxygen atoms in total. The van der Waals surface area contributed by atoms with Crippen molar-refractivity contribution in [2.75, 3.05) is 6.54 Å². The Labute approximate surface area is 171 Å². The second-order valence-corrected chi connectivity index (χ2v) is 8.58. The van der Waals surface area contributed by atoms with Crippen LogP contribution in [0.1, 0.15) is 40.7 Å². The van der Waals surface area contributed by atoms with Crippen molar-refractivity contribution in [1.82, 2.24) is 10.3 Å². The zero-order valence-corrected chi connectivity index (χ0v) is 17.0. The first-order chi connectivity index (χ1) is 13.6. The summed E-state index contributed by atoms with van der Waals surface area (Å²) >= 11 is 3.28. The lowest BCUT2D eigenvalue weighted by molar-refractivity contribution is -0.132. The van der Waals surface area contributed by atoms with Crippen molar-refractivity contribution < 1.29 is 9.18 Å². The monoisotopic (exact) mass is 413 g/mol. The quantitative estimate of drug-likeness (QED) is 0.620. The fourth-order valence-corrected chi connectivity index (χ4v) is 4.76. The van der Waals surface area contributed by atoms with E-state index in [4.69, 9.17) is 0 Å². The van der Waals surface area contributed by atoms with E-state index in [-0.39, 0.29) is 30.4 Å². The summed E-state index contributed by atoms with van der Waals surface area (Å²) in [5.74, 6) is -0.336. The molecule has 1 aliphatic rings. The molecule has 1 N–H and O–H groups in total. The van der Waals surface area contributed by atoms with Gasteiger partial charge in [0, 0.05) is 17.3 Å². The van der Waals surface area contributed by atoms with Crippen molar-refractivity contribution in [2.24, 2.45) is 5.10 Å². The Kier molecular flexibility index (Phi) is 5.66. The van der Waals surface area contributed by atoms with Crippen LogP contribution in [0.3, 0.4) is 0 Å². The van der Waals surface area contributed by atoms with Crippen molar-refractivity contribution >= 4 is 34.3 Å². The number of thiophene rings is 2. The Morgan fingerprint density at radius 3 is 2.64 bits per heavy atom. The summed E-state index contributed by atoms with van der Waals surface area (Å²) in [4.78, 5) is 15.2. The third-order valence-corrected chi connectivity index (χ3v) is 6.66. The van der Waals surface area contributed by atoms with Gasteiger partial charge in [0.2, 0.25) is 0 Å². The molecule has 0 unspecified atom stereocenters. The van der Waals surface area contributed by atoms with Crippen molar-refractivity contribution in [3.8, 4) is 0 Å². The van der Waals surface area contributed by atoms with Crippen LogP contribution in [0.15, 0.2) is 64.4 Å². The molecule has 0 radical (unpaired) electrons. The van der Waals surface area contributed by atoms with Crippen LogP contribution in [0.25, 0.3) is 0 Å². The van der Waals surface area contributed by atoms with E-state index in [1.165, 1.54) is 12.1 Å². The molecule has 28 heavy (non-hydrogen) atoms. The van der Waals surface area contributed by atoms with Gasteiger partial charge in [-0.2, -0.15) is 5.10 Å². The lowest BCUT2D eigenvalue weighted by Crippen LogP contribution is -2.36. The Morgan fingerprint density at radius 1 is 1.21 bits per heavy atom. The Bertz CT molecular complexity index is 952. The van der Waals surface area contributed by atoms with E-state index in [1.54, 1.807) is 39.8 Å². The van der Waals surface area contributed by atoms with Gasteiger partial charge >= 0.3 is 0 Å². The highest BCUT2D eigenvalue weighted by Crippen LogP contribution is 2.35. The van der Waals surface area contributed by atoms with E-state index >= 15 is 0 Å². The molecule has 0 aliphatic carbocycles. The third-order valence-electron chi connectivity index (χ3n) is 4.77. The van der Waals surface area contributed by atoms with E-state index in [9.17, 15) is 9.18 Å². The average Bonchev–Trinajstić information content (AvgIpc) is 3.46. The van der Waals surface area contributed by atoms with E-state index in [2.05, 4.69) is 16.5 Å². The standard InChI is InChI=1S/C21H20FN3OS2/c1-14(15-6-8-16(22)9-7-15)23-13-21(26)25-18(20-5-3-11-28-20)12-17(24-25)19-4-2-10-27-19/h2-11,14,18,23H,12-13H2,1H3/t14-,18+/m0/s1. The molecule has 1 aliphatic heterocycles. The van der Waals surface area contributed by atoms with Crippen LogP contribution in [0.4, 0.5) is 4.39 Å². The minimum Gasteiger partial charge on any atom is -0.302 e. The van der Waals surface area contributed by atoms with Gasteiger partial charge in [0.05, 0.1) is 23.2 Å². The van der Waals surface area contributed by atoms with Gasteiger partial charge < -0.3 is 5.32 Å². The van der Waals surface area contributed by atoms with Gasteiger partial charge in [-0.1, -0.05) is 24.3 Å². The largest absolute Gasteiger partial charge is 0.302 e. The molecule has 144 valence electrons. The van der Waals surface area contributed by atoms with Crippen LogP contribution in [0.2, 0.25) is 0 Å². The zero-order valence-electron chi connectivity index (χ0n) is 15.3. The van der Waals surface area contributed by atoms with Gasteiger partial charge in [0.1, 0.15) is 5.82 Å². The van der Waals surface area contributed by atoms with Crippen LogP contribution in [0.5, 0.6) is 0 Å². The predicted octanol–water partition coefficient (Wildman–Crippen LogP) is 4.98. The molecular formula is C21H20FN3OS2. The van der Waals surface area contributed by atoms with Crippen LogP contribution < -0.4 is 5.32 Å². The highest BCUT2D eigenvalue weighted by atomic mass is 32.1. The molecule has 0 bridgehead atoms. The fourth-order valence-electron chi connectivity index (χ4n) is 3.23. The number of hydrogen-bond acceptors (Lipinski definition) is 5. The summed E-state index contributed by atoms with van der Waals surface area (Å²) in [5, 5.41) is 13.6. The first kappa shape index (κ1) is 19.0. The summed E-state index contributed by atoms with van der Waals surface area (Å²) in [6.45, 7) is 2.13. The molecule has 3 aromatic rings. The molecule has 7 heteroatoms. The van der Waals surface area contributed by atoms with Gasteiger partial charge in [0.15, 0.2) is 0 Å². The molecule has 2 aromatic heterocycles. The highest BCUT2D eigenvalue weighted by molar-refractivity contribution is 7.12. The molecule has 0 saturated carbocycles. The van der Waals surface area contributed by atoms with Crippen LogP contribution in [0, 0.1) is 5.82 Å². The number of amides is 1. The number of rotatable bonds is 6. The summed E-state index contributed by atoms with van der Waals surface area (Å²) in [5.41, 5.74) is 1.89. The zero-order chi connectivity index (χ0) is 19.5. The molecule has 1 amide bonds. The second kappa shape index (κ2) is 8.34. The molecule has 0 saturated heterocycles. The molecule has 0 fully saturated rings. The van der Waals surface area contributed by atoms with Gasteiger partial charge in [-0.25, -0.2) is 9.40 Å². The van der Waals surface area contributed by atoms with E-state index in [1.807, 2.05) is 35.9 Å². The van der Waals surface area contributed by atoms with Crippen molar-refractivity contribution in [3.05, 3.63) is 80.4 Å². The molecule has 2 atom stereocenters. The first-order valence-corrected chi connectivity index (χ1v) is 10.8. The number of benzene rings is 1. The van der Waals surface area contributed by atoms with Gasteiger partial charge in [-0.15, -0.1) is 22.7 Å². The minimum absolute atomic E-state index is 0.0620. The van der Waals surface area contributed by atoms with E-state index in [0.29, 0.717) is 0 Å². The number of halogens is 1. The summed E-state index contributed by atoms with van der Waals surface area (Å²) in [7, 11) is 0. The van der Waals surface area contributed by atoms with Crippen molar-refractivity contribution in [3.63, 3.8) is 0 Å². The Balaban J connectivity index is 1.47. The topological polar surface area (TPSA) is 44.7 Å². The molecule has 0 spiro atoms. The molecule has 4 rings (SSSR count). The Hall–Kier alpha value is -2.35.